The molecule has 1 heterocycles. The van der Waals surface area contributed by atoms with Crippen LogP contribution in [0.25, 0.3) is 11.1 Å². The van der Waals surface area contributed by atoms with Gasteiger partial charge in [-0.3, -0.25) is 4.68 Å². The summed E-state index contributed by atoms with van der Waals surface area (Å²) in [5.74, 6) is 0.675. The maximum absolute atomic E-state index is 9.22. The molecule has 0 spiro atoms. The molecule has 15 heavy (non-hydrogen) atoms. The Morgan fingerprint density at radius 3 is 2.67 bits per heavy atom. The summed E-state index contributed by atoms with van der Waals surface area (Å²) in [6.07, 6.45) is 1.65. The SMILES string of the molecule is Cn1ncc(-c2ccc(O)cc2Cl)c1N. The van der Waals surface area contributed by atoms with E-state index in [1.807, 2.05) is 0 Å². The Balaban J connectivity index is 2.59. The fourth-order valence-electron chi connectivity index (χ4n) is 1.38. The molecule has 0 unspecified atom stereocenters. The molecule has 0 saturated heterocycles. The van der Waals surface area contributed by atoms with Crippen LogP contribution in [0.15, 0.2) is 24.4 Å². The zero-order valence-electron chi connectivity index (χ0n) is 8.11. The number of nitrogen functional groups attached to an aromatic ring is 1. The topological polar surface area (TPSA) is 64.1 Å². The van der Waals surface area contributed by atoms with Crippen molar-refractivity contribution in [1.29, 1.82) is 0 Å². The number of halogens is 1. The fourth-order valence-corrected chi connectivity index (χ4v) is 1.65. The van der Waals surface area contributed by atoms with Gasteiger partial charge in [-0.05, 0) is 18.2 Å². The molecule has 2 rings (SSSR count). The Hall–Kier alpha value is -1.68. The molecule has 3 N–H and O–H groups in total. The van der Waals surface area contributed by atoms with Gasteiger partial charge in [-0.1, -0.05) is 11.6 Å². The van der Waals surface area contributed by atoms with Crippen LogP contribution in [0.1, 0.15) is 0 Å². The Morgan fingerprint density at radius 1 is 1.40 bits per heavy atom. The fraction of sp³-hybridized carbons (Fsp3) is 0.100. The van der Waals surface area contributed by atoms with Gasteiger partial charge in [-0.25, -0.2) is 0 Å². The van der Waals surface area contributed by atoms with Crippen molar-refractivity contribution in [2.45, 2.75) is 0 Å². The highest BCUT2D eigenvalue weighted by Crippen LogP contribution is 2.33. The third-order valence-electron chi connectivity index (χ3n) is 2.23. The van der Waals surface area contributed by atoms with Gasteiger partial charge in [0.05, 0.1) is 11.2 Å². The van der Waals surface area contributed by atoms with Crippen molar-refractivity contribution >= 4 is 17.4 Å². The molecule has 0 aliphatic heterocycles. The van der Waals surface area contributed by atoms with Gasteiger partial charge in [0.15, 0.2) is 0 Å². The number of rotatable bonds is 1. The van der Waals surface area contributed by atoms with E-state index in [1.165, 1.54) is 6.07 Å². The predicted octanol–water partition coefficient (Wildman–Crippen LogP) is 2.03. The Bertz CT molecular complexity index is 507. The minimum Gasteiger partial charge on any atom is -0.508 e. The molecular weight excluding hydrogens is 214 g/mol. The molecule has 0 atom stereocenters. The summed E-state index contributed by atoms with van der Waals surface area (Å²) in [6.45, 7) is 0. The Labute approximate surface area is 91.9 Å². The second kappa shape index (κ2) is 3.47. The smallest absolute Gasteiger partial charge is 0.129 e. The maximum atomic E-state index is 9.22. The van der Waals surface area contributed by atoms with Crippen molar-refractivity contribution in [1.82, 2.24) is 9.78 Å². The average Bonchev–Trinajstić information content (AvgIpc) is 2.49. The highest BCUT2D eigenvalue weighted by molar-refractivity contribution is 6.33. The number of hydrogen-bond acceptors (Lipinski definition) is 3. The zero-order valence-corrected chi connectivity index (χ0v) is 8.86. The number of anilines is 1. The molecule has 0 aliphatic carbocycles. The van der Waals surface area contributed by atoms with Crippen LogP contribution in [0.4, 0.5) is 5.82 Å². The van der Waals surface area contributed by atoms with E-state index in [4.69, 9.17) is 17.3 Å². The third kappa shape index (κ3) is 1.64. The first-order valence-electron chi connectivity index (χ1n) is 4.36. The lowest BCUT2D eigenvalue weighted by Crippen LogP contribution is -1.98. The number of aryl methyl sites for hydroxylation is 1. The van der Waals surface area contributed by atoms with E-state index in [1.54, 1.807) is 30.1 Å². The van der Waals surface area contributed by atoms with Crippen LogP contribution in [0.5, 0.6) is 5.75 Å². The lowest BCUT2D eigenvalue weighted by molar-refractivity contribution is 0.475. The number of aromatic hydroxyl groups is 1. The van der Waals surface area contributed by atoms with Gasteiger partial charge in [0.1, 0.15) is 11.6 Å². The summed E-state index contributed by atoms with van der Waals surface area (Å²) in [5.41, 5.74) is 7.35. The van der Waals surface area contributed by atoms with E-state index in [2.05, 4.69) is 5.10 Å². The van der Waals surface area contributed by atoms with Crippen LogP contribution in [0.2, 0.25) is 5.02 Å². The summed E-state index contributed by atoms with van der Waals surface area (Å²) < 4.78 is 1.57. The average molecular weight is 224 g/mol. The van der Waals surface area contributed by atoms with Gasteiger partial charge in [0.2, 0.25) is 0 Å². The zero-order chi connectivity index (χ0) is 11.0. The molecule has 4 nitrogen and oxygen atoms in total. The van der Waals surface area contributed by atoms with Crippen molar-refractivity contribution < 1.29 is 5.11 Å². The molecule has 0 bridgehead atoms. The normalized spacial score (nSPS) is 10.5. The van der Waals surface area contributed by atoms with Crippen molar-refractivity contribution in [3.05, 3.63) is 29.4 Å². The molecule has 0 radical (unpaired) electrons. The van der Waals surface area contributed by atoms with Crippen LogP contribution in [0.3, 0.4) is 0 Å². The minimum absolute atomic E-state index is 0.131. The molecule has 5 heteroatoms. The monoisotopic (exact) mass is 223 g/mol. The number of benzene rings is 1. The lowest BCUT2D eigenvalue weighted by Gasteiger charge is -2.03. The summed E-state index contributed by atoms with van der Waals surface area (Å²) in [5, 5.41) is 13.7. The first kappa shape index (κ1) is 9.86. The van der Waals surface area contributed by atoms with Crippen molar-refractivity contribution in [3.8, 4) is 16.9 Å². The lowest BCUT2D eigenvalue weighted by atomic mass is 10.1. The van der Waals surface area contributed by atoms with Gasteiger partial charge in [-0.2, -0.15) is 5.10 Å². The second-order valence-corrected chi connectivity index (χ2v) is 3.64. The van der Waals surface area contributed by atoms with Crippen molar-refractivity contribution in [2.75, 3.05) is 5.73 Å². The number of phenols is 1. The molecule has 0 saturated carbocycles. The minimum atomic E-state index is 0.131. The molecule has 0 fully saturated rings. The van der Waals surface area contributed by atoms with E-state index in [-0.39, 0.29) is 5.75 Å². The largest absolute Gasteiger partial charge is 0.508 e. The summed E-state index contributed by atoms with van der Waals surface area (Å²) in [7, 11) is 1.76. The standard InChI is InChI=1S/C10H10ClN3O/c1-14-10(12)8(5-13-14)7-3-2-6(15)4-9(7)11/h2-5,15H,12H2,1H3. The first-order chi connectivity index (χ1) is 7.09. The van der Waals surface area contributed by atoms with E-state index < -0.39 is 0 Å². The van der Waals surface area contributed by atoms with Gasteiger partial charge >= 0.3 is 0 Å². The highest BCUT2D eigenvalue weighted by Gasteiger charge is 2.10. The highest BCUT2D eigenvalue weighted by atomic mass is 35.5. The Morgan fingerprint density at radius 2 is 2.13 bits per heavy atom. The number of aromatic nitrogens is 2. The van der Waals surface area contributed by atoms with Crippen LogP contribution in [0, 0.1) is 0 Å². The number of phenolic OH excluding ortho intramolecular Hbond substituents is 1. The van der Waals surface area contributed by atoms with Crippen LogP contribution < -0.4 is 5.73 Å². The van der Waals surface area contributed by atoms with Gasteiger partial charge in [0.25, 0.3) is 0 Å². The molecular formula is C10H10ClN3O. The molecule has 78 valence electrons. The summed E-state index contributed by atoms with van der Waals surface area (Å²) in [6, 6.07) is 4.75. The third-order valence-corrected chi connectivity index (χ3v) is 2.54. The van der Waals surface area contributed by atoms with E-state index >= 15 is 0 Å². The molecule has 1 aromatic heterocycles. The van der Waals surface area contributed by atoms with Crippen molar-refractivity contribution in [3.63, 3.8) is 0 Å². The van der Waals surface area contributed by atoms with Crippen LogP contribution in [-0.4, -0.2) is 14.9 Å². The Kier molecular flexibility index (Phi) is 2.28. The molecule has 0 aliphatic rings. The van der Waals surface area contributed by atoms with Crippen molar-refractivity contribution in [2.24, 2.45) is 7.05 Å². The molecule has 2 aromatic rings. The summed E-state index contributed by atoms with van der Waals surface area (Å²) >= 11 is 5.99. The van der Waals surface area contributed by atoms with Gasteiger partial charge < -0.3 is 10.8 Å². The number of nitrogens with two attached hydrogens (primary N) is 1. The second-order valence-electron chi connectivity index (χ2n) is 3.23. The molecule has 1 aromatic carbocycles. The van der Waals surface area contributed by atoms with Gasteiger partial charge in [-0.15, -0.1) is 0 Å². The van der Waals surface area contributed by atoms with Gasteiger partial charge in [0, 0.05) is 18.2 Å². The van der Waals surface area contributed by atoms with E-state index in [9.17, 15) is 5.11 Å². The quantitative estimate of drug-likeness (QED) is 0.778. The van der Waals surface area contributed by atoms with Crippen LogP contribution in [-0.2, 0) is 7.05 Å². The maximum Gasteiger partial charge on any atom is 0.129 e. The summed E-state index contributed by atoms with van der Waals surface area (Å²) in [4.78, 5) is 0. The number of nitrogens with zero attached hydrogens (tertiary/aromatic N) is 2. The molecule has 0 amide bonds. The number of hydrogen-bond donors (Lipinski definition) is 2. The first-order valence-corrected chi connectivity index (χ1v) is 4.73. The van der Waals surface area contributed by atoms with E-state index in [0.717, 1.165) is 11.1 Å². The predicted molar refractivity (Wildman–Crippen MR) is 59.7 cm³/mol. The van der Waals surface area contributed by atoms with Crippen LogP contribution >= 0.6 is 11.6 Å². The van der Waals surface area contributed by atoms with E-state index in [0.29, 0.717) is 10.8 Å².